The SMILES string of the molecule is N#Cc1ccc(C(C(=O)c2ccc(Cl)cc2)c2ccccc2)c(Cl)c1. The summed E-state index contributed by atoms with van der Waals surface area (Å²) in [4.78, 5) is 13.2. The number of hydrogen-bond acceptors (Lipinski definition) is 2. The molecule has 3 rings (SSSR count). The summed E-state index contributed by atoms with van der Waals surface area (Å²) in [6.07, 6.45) is 0. The fourth-order valence-corrected chi connectivity index (χ4v) is 3.14. The number of hydrogen-bond donors (Lipinski definition) is 0. The maximum absolute atomic E-state index is 13.2. The van der Waals surface area contributed by atoms with E-state index in [0.717, 1.165) is 5.56 Å². The number of carbonyl (C=O) groups excluding carboxylic acids is 1. The third-order valence-electron chi connectivity index (χ3n) is 3.96. The van der Waals surface area contributed by atoms with E-state index in [9.17, 15) is 4.79 Å². The normalized spacial score (nSPS) is 11.6. The fourth-order valence-electron chi connectivity index (χ4n) is 2.73. The number of carbonyl (C=O) groups is 1. The Bertz CT molecular complexity index is 944. The number of nitriles is 1. The van der Waals surface area contributed by atoms with E-state index in [1.54, 1.807) is 42.5 Å². The zero-order chi connectivity index (χ0) is 17.8. The van der Waals surface area contributed by atoms with Gasteiger partial charge in [0.1, 0.15) is 0 Å². The number of nitrogens with zero attached hydrogens (tertiary/aromatic N) is 1. The smallest absolute Gasteiger partial charge is 0.174 e. The molecule has 0 heterocycles. The van der Waals surface area contributed by atoms with E-state index < -0.39 is 5.92 Å². The number of halogens is 2. The first-order valence-corrected chi connectivity index (χ1v) is 8.40. The molecule has 0 aliphatic carbocycles. The molecule has 0 aliphatic heterocycles. The van der Waals surface area contributed by atoms with Gasteiger partial charge in [0.05, 0.1) is 17.6 Å². The van der Waals surface area contributed by atoms with E-state index in [1.165, 1.54) is 0 Å². The van der Waals surface area contributed by atoms with E-state index >= 15 is 0 Å². The zero-order valence-electron chi connectivity index (χ0n) is 13.1. The van der Waals surface area contributed by atoms with Crippen molar-refractivity contribution in [1.82, 2.24) is 0 Å². The molecule has 0 saturated carbocycles. The highest BCUT2D eigenvalue weighted by Gasteiger charge is 2.26. The second-order valence-corrected chi connectivity index (χ2v) is 6.41. The lowest BCUT2D eigenvalue weighted by Gasteiger charge is -2.18. The van der Waals surface area contributed by atoms with E-state index in [1.807, 2.05) is 30.3 Å². The lowest BCUT2D eigenvalue weighted by molar-refractivity contribution is 0.0974. The van der Waals surface area contributed by atoms with Crippen LogP contribution in [0.15, 0.2) is 72.8 Å². The molecule has 0 aliphatic rings. The van der Waals surface area contributed by atoms with Gasteiger partial charge in [0.25, 0.3) is 0 Å². The Balaban J connectivity index is 2.12. The maximum atomic E-state index is 13.2. The van der Waals surface area contributed by atoms with E-state index in [0.29, 0.717) is 26.7 Å². The Kier molecular flexibility index (Phi) is 5.19. The number of Topliss-reactive ketones (excluding diaryl/α,β-unsaturated/α-hetero) is 1. The second-order valence-electron chi connectivity index (χ2n) is 5.56. The minimum Gasteiger partial charge on any atom is -0.293 e. The molecule has 1 unspecified atom stereocenters. The maximum Gasteiger partial charge on any atom is 0.174 e. The summed E-state index contributed by atoms with van der Waals surface area (Å²) in [6.45, 7) is 0. The Morgan fingerprint density at radius 1 is 0.920 bits per heavy atom. The van der Waals surface area contributed by atoms with Crippen molar-refractivity contribution in [2.45, 2.75) is 5.92 Å². The molecule has 0 bridgehead atoms. The molecular weight excluding hydrogens is 353 g/mol. The van der Waals surface area contributed by atoms with Gasteiger partial charge in [0, 0.05) is 15.6 Å². The molecule has 0 saturated heterocycles. The van der Waals surface area contributed by atoms with Crippen molar-refractivity contribution < 1.29 is 4.79 Å². The van der Waals surface area contributed by atoms with Crippen LogP contribution in [0.2, 0.25) is 10.0 Å². The van der Waals surface area contributed by atoms with Crippen LogP contribution in [0.3, 0.4) is 0 Å². The molecule has 0 aromatic heterocycles. The van der Waals surface area contributed by atoms with Gasteiger partial charge < -0.3 is 0 Å². The van der Waals surface area contributed by atoms with E-state index in [2.05, 4.69) is 6.07 Å². The molecule has 3 aromatic rings. The lowest BCUT2D eigenvalue weighted by Crippen LogP contribution is -2.15. The Hall–Kier alpha value is -2.60. The Morgan fingerprint density at radius 2 is 1.60 bits per heavy atom. The van der Waals surface area contributed by atoms with Crippen molar-refractivity contribution in [2.75, 3.05) is 0 Å². The minimum absolute atomic E-state index is 0.0746. The largest absolute Gasteiger partial charge is 0.293 e. The van der Waals surface area contributed by atoms with E-state index in [-0.39, 0.29) is 5.78 Å². The van der Waals surface area contributed by atoms with Gasteiger partial charge in [-0.05, 0) is 47.5 Å². The van der Waals surface area contributed by atoms with Gasteiger partial charge in [-0.2, -0.15) is 5.26 Å². The van der Waals surface area contributed by atoms with Crippen molar-refractivity contribution in [2.24, 2.45) is 0 Å². The van der Waals surface area contributed by atoms with Crippen molar-refractivity contribution in [3.8, 4) is 6.07 Å². The third-order valence-corrected chi connectivity index (χ3v) is 4.54. The van der Waals surface area contributed by atoms with Crippen molar-refractivity contribution in [3.63, 3.8) is 0 Å². The van der Waals surface area contributed by atoms with Crippen LogP contribution >= 0.6 is 23.2 Å². The number of benzene rings is 3. The fraction of sp³-hybridized carbons (Fsp3) is 0.0476. The molecule has 4 heteroatoms. The topological polar surface area (TPSA) is 40.9 Å². The van der Waals surface area contributed by atoms with Crippen LogP contribution in [0.25, 0.3) is 0 Å². The summed E-state index contributed by atoms with van der Waals surface area (Å²) < 4.78 is 0. The van der Waals surface area contributed by atoms with Crippen LogP contribution in [0.4, 0.5) is 0 Å². The quantitative estimate of drug-likeness (QED) is 0.541. The first kappa shape index (κ1) is 17.2. The third kappa shape index (κ3) is 3.74. The molecule has 3 aromatic carbocycles. The van der Waals surface area contributed by atoms with Crippen LogP contribution in [-0.4, -0.2) is 5.78 Å². The van der Waals surface area contributed by atoms with Crippen molar-refractivity contribution in [1.29, 1.82) is 5.26 Å². The molecule has 122 valence electrons. The summed E-state index contributed by atoms with van der Waals surface area (Å²) in [5.74, 6) is -0.628. The van der Waals surface area contributed by atoms with Crippen LogP contribution in [0, 0.1) is 11.3 Å². The van der Waals surface area contributed by atoms with Crippen molar-refractivity contribution in [3.05, 3.63) is 105 Å². The minimum atomic E-state index is -0.553. The average molecular weight is 366 g/mol. The Morgan fingerprint density at radius 3 is 2.20 bits per heavy atom. The predicted octanol–water partition coefficient (Wildman–Crippen LogP) is 5.88. The lowest BCUT2D eigenvalue weighted by atomic mass is 9.84. The second kappa shape index (κ2) is 7.53. The summed E-state index contributed by atoms with van der Waals surface area (Å²) in [5, 5.41) is 10.0. The van der Waals surface area contributed by atoms with Crippen LogP contribution in [-0.2, 0) is 0 Å². The van der Waals surface area contributed by atoms with Crippen LogP contribution < -0.4 is 0 Å². The molecule has 0 radical (unpaired) electrons. The molecule has 2 nitrogen and oxygen atoms in total. The highest BCUT2D eigenvalue weighted by atomic mass is 35.5. The monoisotopic (exact) mass is 365 g/mol. The van der Waals surface area contributed by atoms with Gasteiger partial charge in [-0.25, -0.2) is 0 Å². The summed E-state index contributed by atoms with van der Waals surface area (Å²) in [7, 11) is 0. The van der Waals surface area contributed by atoms with Crippen LogP contribution in [0.1, 0.15) is 33.0 Å². The Labute approximate surface area is 156 Å². The highest BCUT2D eigenvalue weighted by molar-refractivity contribution is 6.32. The van der Waals surface area contributed by atoms with Gasteiger partial charge in [0.2, 0.25) is 0 Å². The number of rotatable bonds is 4. The van der Waals surface area contributed by atoms with Gasteiger partial charge in [0.15, 0.2) is 5.78 Å². The molecule has 25 heavy (non-hydrogen) atoms. The first-order chi connectivity index (χ1) is 12.1. The van der Waals surface area contributed by atoms with E-state index in [4.69, 9.17) is 28.5 Å². The molecule has 0 N–H and O–H groups in total. The predicted molar refractivity (Wildman–Crippen MR) is 100 cm³/mol. The summed E-state index contributed by atoms with van der Waals surface area (Å²) in [5.41, 5.74) is 2.53. The molecule has 0 fully saturated rings. The van der Waals surface area contributed by atoms with Gasteiger partial charge in [-0.1, -0.05) is 59.6 Å². The van der Waals surface area contributed by atoms with Crippen LogP contribution in [0.5, 0.6) is 0 Å². The van der Waals surface area contributed by atoms with Gasteiger partial charge >= 0.3 is 0 Å². The standard InChI is InChI=1S/C21H13Cl2NO/c22-17-9-7-16(8-10-17)21(25)20(15-4-2-1-3-5-15)18-11-6-14(13-24)12-19(18)23/h1-12,20H. The first-order valence-electron chi connectivity index (χ1n) is 7.64. The average Bonchev–Trinajstić information content (AvgIpc) is 2.64. The highest BCUT2D eigenvalue weighted by Crippen LogP contribution is 2.34. The van der Waals surface area contributed by atoms with Crippen molar-refractivity contribution >= 4 is 29.0 Å². The van der Waals surface area contributed by atoms with Gasteiger partial charge in [-0.3, -0.25) is 4.79 Å². The van der Waals surface area contributed by atoms with Gasteiger partial charge in [-0.15, -0.1) is 0 Å². The zero-order valence-corrected chi connectivity index (χ0v) is 14.6. The molecule has 0 spiro atoms. The number of ketones is 1. The summed E-state index contributed by atoms with van der Waals surface area (Å²) >= 11 is 12.3. The summed E-state index contributed by atoms with van der Waals surface area (Å²) in [6, 6.07) is 23.3. The molecular formula is C21H13Cl2NO. The molecule has 0 amide bonds. The molecule has 1 atom stereocenters.